The molecule has 1 N–H and O–H groups in total. The fourth-order valence-electron chi connectivity index (χ4n) is 1.13. The average molecular weight is 248 g/mol. The molecule has 0 bridgehead atoms. The summed E-state index contributed by atoms with van der Waals surface area (Å²) >= 11 is 0. The first-order valence-electron chi connectivity index (χ1n) is 6.23. The monoisotopic (exact) mass is 248 g/mol. The zero-order chi connectivity index (χ0) is 12.8. The Hall–Kier alpha value is 0.0969. The predicted octanol–water partition coefficient (Wildman–Crippen LogP) is 2.22. The predicted molar refractivity (Wildman–Crippen MR) is 70.3 cm³/mol. The summed E-state index contributed by atoms with van der Waals surface area (Å²) in [5.74, 6) is 0. The smallest absolute Gasteiger partial charge is 0.161 e. The Morgan fingerprint density at radius 1 is 1.00 bits per heavy atom. The first kappa shape index (κ1) is 16.1. The molecular formula is C12H28O3Si. The molecule has 0 aromatic rings. The molecule has 0 aromatic heterocycles. The molecule has 0 rings (SSSR count). The highest BCUT2D eigenvalue weighted by atomic mass is 28.2. The minimum absolute atomic E-state index is 0.182. The van der Waals surface area contributed by atoms with Gasteiger partial charge in [0.15, 0.2) is 16.1 Å². The van der Waals surface area contributed by atoms with Crippen LogP contribution in [0.25, 0.3) is 0 Å². The quantitative estimate of drug-likeness (QED) is 0.529. The van der Waals surface area contributed by atoms with Gasteiger partial charge in [0, 0.05) is 6.04 Å². The van der Waals surface area contributed by atoms with E-state index in [1.807, 2.05) is 0 Å². The van der Waals surface area contributed by atoms with Crippen molar-refractivity contribution >= 4 is 9.76 Å². The Bertz CT molecular complexity index is 175. The van der Waals surface area contributed by atoms with Crippen LogP contribution in [-0.2, 0) is 9.47 Å². The molecule has 0 spiro atoms. The summed E-state index contributed by atoms with van der Waals surface area (Å²) in [7, 11) is -1.04. The maximum Gasteiger partial charge on any atom is 0.161 e. The standard InChI is InChI=1S/C12H28O3Si/c1-7-11(3,4)14-10(9-16-13)15-12(5,6)8-2/h10,13H,7-9,16H2,1-6H3. The third-order valence-corrected chi connectivity index (χ3v) is 3.70. The average Bonchev–Trinajstić information content (AvgIpc) is 2.17. The van der Waals surface area contributed by atoms with Crippen LogP contribution in [0.2, 0.25) is 6.04 Å². The lowest BCUT2D eigenvalue weighted by molar-refractivity contribution is -0.234. The van der Waals surface area contributed by atoms with E-state index >= 15 is 0 Å². The Balaban J connectivity index is 4.38. The zero-order valence-corrected chi connectivity index (χ0v) is 13.1. The molecule has 0 aliphatic heterocycles. The Morgan fingerprint density at radius 2 is 1.38 bits per heavy atom. The van der Waals surface area contributed by atoms with Gasteiger partial charge in [-0.15, -0.1) is 0 Å². The summed E-state index contributed by atoms with van der Waals surface area (Å²) in [6.07, 6.45) is 1.61. The van der Waals surface area contributed by atoms with Crippen LogP contribution in [0.5, 0.6) is 0 Å². The van der Waals surface area contributed by atoms with Gasteiger partial charge in [0.25, 0.3) is 0 Å². The molecule has 98 valence electrons. The largest absolute Gasteiger partial charge is 0.438 e. The first-order valence-corrected chi connectivity index (χ1v) is 7.86. The summed E-state index contributed by atoms with van der Waals surface area (Å²) in [6.45, 7) is 12.4. The van der Waals surface area contributed by atoms with Crippen LogP contribution in [0.3, 0.4) is 0 Å². The molecule has 0 radical (unpaired) electrons. The van der Waals surface area contributed by atoms with Gasteiger partial charge in [0.2, 0.25) is 0 Å². The molecule has 0 fully saturated rings. The number of ether oxygens (including phenoxy) is 2. The summed E-state index contributed by atoms with van der Waals surface area (Å²) in [6, 6.07) is 0.660. The molecule has 0 aromatic carbocycles. The van der Waals surface area contributed by atoms with Crippen molar-refractivity contribution in [3.63, 3.8) is 0 Å². The van der Waals surface area contributed by atoms with Gasteiger partial charge in [-0.25, -0.2) is 0 Å². The van der Waals surface area contributed by atoms with Crippen molar-refractivity contribution in [3.05, 3.63) is 0 Å². The molecule has 16 heavy (non-hydrogen) atoms. The minimum atomic E-state index is -1.04. The molecule has 3 nitrogen and oxygen atoms in total. The zero-order valence-electron chi connectivity index (χ0n) is 11.7. The molecule has 0 saturated carbocycles. The van der Waals surface area contributed by atoms with Gasteiger partial charge >= 0.3 is 0 Å². The highest BCUT2D eigenvalue weighted by Gasteiger charge is 2.27. The van der Waals surface area contributed by atoms with Gasteiger partial charge in [-0.3, -0.25) is 0 Å². The van der Waals surface area contributed by atoms with Crippen molar-refractivity contribution in [3.8, 4) is 0 Å². The molecule has 0 saturated heterocycles. The molecule has 4 heteroatoms. The highest BCUT2D eigenvalue weighted by molar-refractivity contribution is 6.25. The van der Waals surface area contributed by atoms with Crippen molar-refractivity contribution in [1.82, 2.24) is 0 Å². The normalized spacial score (nSPS) is 14.2. The Labute approximate surface area is 102 Å². The maximum atomic E-state index is 9.15. The van der Waals surface area contributed by atoms with E-state index in [-0.39, 0.29) is 17.5 Å². The lowest BCUT2D eigenvalue weighted by atomic mass is 10.1. The molecule has 0 aliphatic rings. The van der Waals surface area contributed by atoms with E-state index in [1.165, 1.54) is 0 Å². The van der Waals surface area contributed by atoms with Gasteiger partial charge < -0.3 is 14.3 Å². The van der Waals surface area contributed by atoms with E-state index in [0.29, 0.717) is 6.04 Å². The van der Waals surface area contributed by atoms with Crippen molar-refractivity contribution in [2.45, 2.75) is 77.9 Å². The van der Waals surface area contributed by atoms with Gasteiger partial charge in [-0.05, 0) is 40.5 Å². The molecular weight excluding hydrogens is 220 g/mol. The lowest BCUT2D eigenvalue weighted by Crippen LogP contribution is -2.38. The second-order valence-electron chi connectivity index (χ2n) is 5.40. The number of rotatable bonds is 8. The van der Waals surface area contributed by atoms with E-state index in [4.69, 9.17) is 14.3 Å². The van der Waals surface area contributed by atoms with Crippen LogP contribution < -0.4 is 0 Å². The van der Waals surface area contributed by atoms with Crippen molar-refractivity contribution in [2.75, 3.05) is 0 Å². The Morgan fingerprint density at radius 3 is 1.62 bits per heavy atom. The molecule has 0 aliphatic carbocycles. The van der Waals surface area contributed by atoms with Crippen LogP contribution >= 0.6 is 0 Å². The van der Waals surface area contributed by atoms with E-state index in [1.54, 1.807) is 0 Å². The van der Waals surface area contributed by atoms with Gasteiger partial charge in [0.1, 0.15) is 0 Å². The van der Waals surface area contributed by atoms with Crippen molar-refractivity contribution in [1.29, 1.82) is 0 Å². The van der Waals surface area contributed by atoms with Crippen molar-refractivity contribution < 1.29 is 14.3 Å². The topological polar surface area (TPSA) is 38.7 Å². The van der Waals surface area contributed by atoms with Crippen LogP contribution in [0.15, 0.2) is 0 Å². The molecule has 0 heterocycles. The minimum Gasteiger partial charge on any atom is -0.438 e. The van der Waals surface area contributed by atoms with Gasteiger partial charge in [-0.2, -0.15) is 0 Å². The number of hydrogen-bond acceptors (Lipinski definition) is 3. The fraction of sp³-hybridized carbons (Fsp3) is 1.00. The molecule has 0 amide bonds. The van der Waals surface area contributed by atoms with Crippen molar-refractivity contribution in [2.24, 2.45) is 0 Å². The van der Waals surface area contributed by atoms with E-state index in [0.717, 1.165) is 12.8 Å². The van der Waals surface area contributed by atoms with Crippen LogP contribution in [0.4, 0.5) is 0 Å². The first-order chi connectivity index (χ1) is 7.26. The lowest BCUT2D eigenvalue weighted by Gasteiger charge is -2.35. The molecule has 0 atom stereocenters. The highest BCUT2D eigenvalue weighted by Crippen LogP contribution is 2.24. The summed E-state index contributed by atoms with van der Waals surface area (Å²) in [5.41, 5.74) is -0.365. The molecule has 0 unspecified atom stereocenters. The summed E-state index contributed by atoms with van der Waals surface area (Å²) < 4.78 is 11.8. The second kappa shape index (κ2) is 6.74. The van der Waals surface area contributed by atoms with Gasteiger partial charge in [-0.1, -0.05) is 13.8 Å². The third-order valence-electron chi connectivity index (χ3n) is 2.97. The summed E-state index contributed by atoms with van der Waals surface area (Å²) in [4.78, 5) is 9.15. The number of hydrogen-bond donors (Lipinski definition) is 1. The fourth-order valence-corrected chi connectivity index (χ4v) is 1.57. The van der Waals surface area contributed by atoms with E-state index < -0.39 is 9.76 Å². The van der Waals surface area contributed by atoms with Gasteiger partial charge in [0.05, 0.1) is 11.2 Å². The van der Waals surface area contributed by atoms with E-state index in [2.05, 4.69) is 41.5 Å². The maximum absolute atomic E-state index is 9.15. The third kappa shape index (κ3) is 6.63. The van der Waals surface area contributed by atoms with E-state index in [9.17, 15) is 0 Å². The Kier molecular flexibility index (Phi) is 6.78. The van der Waals surface area contributed by atoms with Crippen LogP contribution in [0.1, 0.15) is 54.4 Å². The van der Waals surface area contributed by atoms with Crippen LogP contribution in [0, 0.1) is 0 Å². The summed E-state index contributed by atoms with van der Waals surface area (Å²) in [5, 5.41) is 0. The SMILES string of the molecule is CCC(C)(C)OC(C[SiH2]O)OC(C)(C)CC. The second-order valence-corrected chi connectivity index (χ2v) is 6.43. The van der Waals surface area contributed by atoms with Crippen LogP contribution in [-0.4, -0.2) is 32.1 Å².